The van der Waals surface area contributed by atoms with Crippen LogP contribution in [0.15, 0.2) is 192 Å². The van der Waals surface area contributed by atoms with Crippen molar-refractivity contribution in [3.8, 4) is 22.6 Å². The van der Waals surface area contributed by atoms with Gasteiger partial charge in [-0.05, 0) is 75.5 Å². The number of hydrogen-bond donors (Lipinski definition) is 0. The first kappa shape index (κ1) is 29.5. The van der Waals surface area contributed by atoms with Crippen LogP contribution < -0.4 is 9.64 Å². The van der Waals surface area contributed by atoms with Crippen LogP contribution in [0.1, 0.15) is 22.3 Å². The summed E-state index contributed by atoms with van der Waals surface area (Å²) in [4.78, 5) is 2.43. The van der Waals surface area contributed by atoms with Gasteiger partial charge in [-0.1, -0.05) is 140 Å². The van der Waals surface area contributed by atoms with E-state index in [0.29, 0.717) is 0 Å². The molecule has 252 valence electrons. The van der Waals surface area contributed by atoms with Gasteiger partial charge in [-0.15, -0.1) is 0 Å². The van der Waals surface area contributed by atoms with Crippen molar-refractivity contribution >= 4 is 60.5 Å². The van der Waals surface area contributed by atoms with E-state index in [2.05, 4.69) is 181 Å². The van der Waals surface area contributed by atoms with E-state index in [0.717, 1.165) is 61.6 Å². The second-order valence-corrected chi connectivity index (χ2v) is 14.4. The van der Waals surface area contributed by atoms with E-state index in [1.165, 1.54) is 43.8 Å². The zero-order valence-electron chi connectivity index (χ0n) is 29.2. The van der Waals surface area contributed by atoms with Crippen LogP contribution >= 0.6 is 0 Å². The number of fused-ring (bicyclic) bond motifs is 12. The predicted molar refractivity (Wildman–Crippen MR) is 221 cm³/mol. The van der Waals surface area contributed by atoms with Crippen molar-refractivity contribution in [2.24, 2.45) is 0 Å². The Morgan fingerprint density at radius 2 is 1.00 bits per heavy atom. The van der Waals surface area contributed by atoms with Gasteiger partial charge in [0.25, 0.3) is 0 Å². The van der Waals surface area contributed by atoms with Gasteiger partial charge in [-0.2, -0.15) is 0 Å². The van der Waals surface area contributed by atoms with E-state index in [9.17, 15) is 0 Å². The highest BCUT2D eigenvalue weighted by atomic mass is 16.5. The first-order valence-corrected chi connectivity index (χ1v) is 18.5. The Balaban J connectivity index is 1.21. The summed E-state index contributed by atoms with van der Waals surface area (Å²) >= 11 is 0. The topological polar surface area (TPSA) is 25.6 Å². The Bertz CT molecular complexity index is 3120. The number of nitrogens with zero attached hydrogens (tertiary/aromatic N) is 1. The number of furan rings is 1. The smallest absolute Gasteiger partial charge is 0.137 e. The highest BCUT2D eigenvalue weighted by Crippen LogP contribution is 2.62. The molecule has 0 atom stereocenters. The highest BCUT2D eigenvalue weighted by molar-refractivity contribution is 6.14. The van der Waals surface area contributed by atoms with Crippen LogP contribution in [-0.4, -0.2) is 0 Å². The van der Waals surface area contributed by atoms with Crippen LogP contribution in [0.5, 0.6) is 11.5 Å². The van der Waals surface area contributed by atoms with Gasteiger partial charge in [-0.3, -0.25) is 0 Å². The van der Waals surface area contributed by atoms with Crippen molar-refractivity contribution in [3.63, 3.8) is 0 Å². The van der Waals surface area contributed by atoms with Crippen molar-refractivity contribution in [2.75, 3.05) is 4.90 Å². The lowest BCUT2D eigenvalue weighted by Crippen LogP contribution is -2.36. The van der Waals surface area contributed by atoms with Crippen molar-refractivity contribution in [1.29, 1.82) is 0 Å². The molecule has 0 fully saturated rings. The zero-order valence-corrected chi connectivity index (χ0v) is 29.2. The van der Waals surface area contributed by atoms with Gasteiger partial charge in [0.1, 0.15) is 22.7 Å². The molecule has 3 nitrogen and oxygen atoms in total. The lowest BCUT2D eigenvalue weighted by molar-refractivity contribution is 0.435. The van der Waals surface area contributed by atoms with Gasteiger partial charge < -0.3 is 14.1 Å². The molecule has 1 spiro atoms. The van der Waals surface area contributed by atoms with Crippen molar-refractivity contribution < 1.29 is 9.15 Å². The molecule has 0 N–H and O–H groups in total. The quantitative estimate of drug-likeness (QED) is 0.185. The number of rotatable bonds is 3. The van der Waals surface area contributed by atoms with Crippen LogP contribution in [0, 0.1) is 0 Å². The molecule has 3 heteroatoms. The van der Waals surface area contributed by atoms with Crippen LogP contribution in [0.25, 0.3) is 54.6 Å². The van der Waals surface area contributed by atoms with E-state index in [4.69, 9.17) is 9.15 Å². The maximum Gasteiger partial charge on any atom is 0.137 e. The third-order valence-corrected chi connectivity index (χ3v) is 11.7. The first-order valence-electron chi connectivity index (χ1n) is 18.5. The molecule has 0 saturated heterocycles. The molecule has 2 heterocycles. The molecular weight excluding hydrogens is 659 g/mol. The van der Waals surface area contributed by atoms with Gasteiger partial charge in [-0.25, -0.2) is 0 Å². The van der Waals surface area contributed by atoms with Gasteiger partial charge in [0.05, 0.1) is 16.8 Å². The second-order valence-electron chi connectivity index (χ2n) is 14.4. The Labute approximate surface area is 311 Å². The maximum atomic E-state index is 6.66. The summed E-state index contributed by atoms with van der Waals surface area (Å²) in [5.41, 5.74) is 11.7. The fourth-order valence-corrected chi connectivity index (χ4v) is 9.55. The Kier molecular flexibility index (Phi) is 5.98. The fraction of sp³-hybridized carbons (Fsp3) is 0.0196. The van der Waals surface area contributed by atoms with E-state index in [-0.39, 0.29) is 0 Å². The summed E-state index contributed by atoms with van der Waals surface area (Å²) in [7, 11) is 0. The Hall–Kier alpha value is -7.10. The van der Waals surface area contributed by atoms with Crippen LogP contribution in [-0.2, 0) is 5.41 Å². The molecule has 1 aliphatic heterocycles. The molecule has 54 heavy (non-hydrogen) atoms. The lowest BCUT2D eigenvalue weighted by atomic mass is 9.58. The lowest BCUT2D eigenvalue weighted by Gasteiger charge is -2.45. The maximum absolute atomic E-state index is 6.66. The first-order chi connectivity index (χ1) is 26.8. The van der Waals surface area contributed by atoms with E-state index in [1.807, 2.05) is 12.1 Å². The predicted octanol–water partition coefficient (Wildman–Crippen LogP) is 13.8. The van der Waals surface area contributed by atoms with Gasteiger partial charge >= 0.3 is 0 Å². The third kappa shape index (κ3) is 3.85. The number of benzene rings is 9. The zero-order chi connectivity index (χ0) is 35.4. The summed E-state index contributed by atoms with van der Waals surface area (Å²) in [6.45, 7) is 0. The second kappa shape index (κ2) is 11.0. The summed E-state index contributed by atoms with van der Waals surface area (Å²) in [5.74, 6) is 1.78. The van der Waals surface area contributed by atoms with E-state index in [1.54, 1.807) is 0 Å². The van der Waals surface area contributed by atoms with E-state index < -0.39 is 5.41 Å². The molecule has 12 rings (SSSR count). The van der Waals surface area contributed by atoms with E-state index >= 15 is 0 Å². The number of anilines is 3. The summed E-state index contributed by atoms with van der Waals surface area (Å²) in [6, 6.07) is 67.8. The summed E-state index contributed by atoms with van der Waals surface area (Å²) in [6.07, 6.45) is 0. The molecule has 1 aliphatic carbocycles. The number of ether oxygens (including phenoxy) is 1. The van der Waals surface area contributed by atoms with Crippen molar-refractivity contribution in [2.45, 2.75) is 5.41 Å². The molecule has 0 bridgehead atoms. The Morgan fingerprint density at radius 3 is 1.85 bits per heavy atom. The monoisotopic (exact) mass is 689 g/mol. The third-order valence-electron chi connectivity index (χ3n) is 11.7. The summed E-state index contributed by atoms with van der Waals surface area (Å²) < 4.78 is 13.2. The average molecular weight is 690 g/mol. The number of hydrogen-bond acceptors (Lipinski definition) is 3. The Morgan fingerprint density at radius 1 is 0.389 bits per heavy atom. The fourth-order valence-electron chi connectivity index (χ4n) is 9.55. The molecule has 2 aliphatic rings. The molecule has 1 aromatic heterocycles. The standard InChI is InChI=1S/C51H31NO2/c1-2-15-34-32(13-1)14-11-23-44(34)52(33-27-28-37-36-17-4-8-24-46(36)53-49(37)31-33)45-30-29-38-35-16-3-5-19-40(35)51(43-22-12-18-39(45)50(38)43)41-20-6-9-25-47(41)54-48-26-10-7-21-42(48)51/h1-31H. The molecule has 0 unspecified atom stereocenters. The molecule has 0 radical (unpaired) electrons. The average Bonchev–Trinajstić information content (AvgIpc) is 3.61. The van der Waals surface area contributed by atoms with Crippen LogP contribution in [0.2, 0.25) is 0 Å². The molecule has 0 saturated carbocycles. The highest BCUT2D eigenvalue weighted by Gasteiger charge is 2.49. The molecular formula is C51H31NO2. The molecule has 0 amide bonds. The van der Waals surface area contributed by atoms with Gasteiger partial charge in [0.15, 0.2) is 0 Å². The van der Waals surface area contributed by atoms with Crippen LogP contribution in [0.3, 0.4) is 0 Å². The molecule has 9 aromatic carbocycles. The minimum absolute atomic E-state index is 0.593. The largest absolute Gasteiger partial charge is 0.457 e. The van der Waals surface area contributed by atoms with Gasteiger partial charge in [0.2, 0.25) is 0 Å². The summed E-state index contributed by atoms with van der Waals surface area (Å²) in [5, 5.41) is 7.03. The van der Waals surface area contributed by atoms with Crippen molar-refractivity contribution in [3.05, 3.63) is 210 Å². The SMILES string of the molecule is c1ccc2c(c1)Oc1ccccc1C21c2ccccc2-c2ccc(N(c3ccc4c(c3)oc3ccccc34)c3cccc4ccccc34)c3cccc1c23. The van der Waals surface area contributed by atoms with Gasteiger partial charge in [0, 0.05) is 44.4 Å². The minimum Gasteiger partial charge on any atom is -0.457 e. The van der Waals surface area contributed by atoms with Crippen molar-refractivity contribution in [1.82, 2.24) is 0 Å². The van der Waals surface area contributed by atoms with Crippen LogP contribution in [0.4, 0.5) is 17.1 Å². The number of para-hydroxylation sites is 3. The normalized spacial score (nSPS) is 13.5. The molecule has 10 aromatic rings. The minimum atomic E-state index is -0.593.